The van der Waals surface area contributed by atoms with Gasteiger partial charge in [0.15, 0.2) is 0 Å². The van der Waals surface area contributed by atoms with E-state index in [1.165, 1.54) is 16.2 Å². The Labute approximate surface area is 150 Å². The zero-order valence-electron chi connectivity index (χ0n) is 13.5. The molecule has 130 valence electrons. The molecule has 0 unspecified atom stereocenters. The van der Waals surface area contributed by atoms with E-state index < -0.39 is 6.10 Å². The normalized spacial score (nSPS) is 17.1. The minimum Gasteiger partial charge on any atom is -0.389 e. The quantitative estimate of drug-likeness (QED) is 0.816. The maximum atomic E-state index is 12.3. The van der Waals surface area contributed by atoms with Gasteiger partial charge in [-0.15, -0.1) is 22.7 Å². The second-order valence-electron chi connectivity index (χ2n) is 5.82. The molecular weight excluding hydrogens is 344 g/mol. The molecule has 2 aromatic rings. The molecule has 0 aliphatic carbocycles. The summed E-state index contributed by atoms with van der Waals surface area (Å²) in [5.41, 5.74) is 0. The van der Waals surface area contributed by atoms with E-state index in [1.54, 1.807) is 11.3 Å². The van der Waals surface area contributed by atoms with Gasteiger partial charge in [0.2, 0.25) is 0 Å². The predicted molar refractivity (Wildman–Crippen MR) is 96.6 cm³/mol. The first-order valence-corrected chi connectivity index (χ1v) is 9.81. The number of aliphatic hydroxyl groups excluding tert-OH is 1. The SMILES string of the molecule is O=C(c1cccs1)N1CCN(C[C@@H](O)COCc2cccs2)CC1. The van der Waals surface area contributed by atoms with E-state index in [2.05, 4.69) is 4.90 Å². The Kier molecular flexibility index (Phi) is 6.39. The summed E-state index contributed by atoms with van der Waals surface area (Å²) in [7, 11) is 0. The van der Waals surface area contributed by atoms with E-state index >= 15 is 0 Å². The van der Waals surface area contributed by atoms with Crippen molar-refractivity contribution in [3.63, 3.8) is 0 Å². The minimum absolute atomic E-state index is 0.115. The molecule has 1 aliphatic heterocycles. The highest BCUT2D eigenvalue weighted by atomic mass is 32.1. The van der Waals surface area contributed by atoms with E-state index in [4.69, 9.17) is 4.74 Å². The molecular formula is C17H22N2O3S2. The molecule has 0 saturated carbocycles. The Bertz CT molecular complexity index is 608. The van der Waals surface area contributed by atoms with Gasteiger partial charge in [0.05, 0.1) is 24.2 Å². The fraction of sp³-hybridized carbons (Fsp3) is 0.471. The van der Waals surface area contributed by atoms with Crippen LogP contribution in [0.3, 0.4) is 0 Å². The smallest absolute Gasteiger partial charge is 0.264 e. The monoisotopic (exact) mass is 366 g/mol. The van der Waals surface area contributed by atoms with E-state index in [1.807, 2.05) is 39.9 Å². The Balaban J connectivity index is 1.35. The van der Waals surface area contributed by atoms with Crippen LogP contribution in [-0.2, 0) is 11.3 Å². The van der Waals surface area contributed by atoms with Crippen molar-refractivity contribution in [1.29, 1.82) is 0 Å². The number of rotatable bonds is 7. The molecule has 0 spiro atoms. The number of thiophene rings is 2. The molecule has 0 aromatic carbocycles. The fourth-order valence-corrected chi connectivity index (χ4v) is 4.06. The van der Waals surface area contributed by atoms with Crippen LogP contribution in [0.1, 0.15) is 14.5 Å². The second-order valence-corrected chi connectivity index (χ2v) is 7.80. The highest BCUT2D eigenvalue weighted by Crippen LogP contribution is 2.14. The molecule has 24 heavy (non-hydrogen) atoms. The van der Waals surface area contributed by atoms with Crippen molar-refractivity contribution in [3.8, 4) is 0 Å². The van der Waals surface area contributed by atoms with Crippen molar-refractivity contribution in [1.82, 2.24) is 9.80 Å². The van der Waals surface area contributed by atoms with Crippen molar-refractivity contribution in [2.24, 2.45) is 0 Å². The number of hydrogen-bond acceptors (Lipinski definition) is 6. The average molecular weight is 367 g/mol. The first kappa shape index (κ1) is 17.6. The number of nitrogens with zero attached hydrogens (tertiary/aromatic N) is 2. The van der Waals surface area contributed by atoms with Gasteiger partial charge in [0, 0.05) is 37.6 Å². The lowest BCUT2D eigenvalue weighted by Crippen LogP contribution is -2.50. The summed E-state index contributed by atoms with van der Waals surface area (Å²) in [5.74, 6) is 0.115. The van der Waals surface area contributed by atoms with Crippen LogP contribution in [0, 0.1) is 0 Å². The largest absolute Gasteiger partial charge is 0.389 e. The minimum atomic E-state index is -0.496. The molecule has 1 aliphatic rings. The van der Waals surface area contributed by atoms with Gasteiger partial charge in [0.25, 0.3) is 5.91 Å². The highest BCUT2D eigenvalue weighted by Gasteiger charge is 2.23. The highest BCUT2D eigenvalue weighted by molar-refractivity contribution is 7.12. The molecule has 1 atom stereocenters. The number of carbonyl (C=O) groups excluding carboxylic acids is 1. The van der Waals surface area contributed by atoms with Crippen LogP contribution in [0.2, 0.25) is 0 Å². The van der Waals surface area contributed by atoms with Gasteiger partial charge in [-0.3, -0.25) is 9.69 Å². The Morgan fingerprint density at radius 3 is 2.58 bits per heavy atom. The Morgan fingerprint density at radius 1 is 1.17 bits per heavy atom. The number of ether oxygens (including phenoxy) is 1. The van der Waals surface area contributed by atoms with Gasteiger partial charge < -0.3 is 14.7 Å². The van der Waals surface area contributed by atoms with Crippen LogP contribution in [0.5, 0.6) is 0 Å². The molecule has 0 radical (unpaired) electrons. The van der Waals surface area contributed by atoms with Gasteiger partial charge in [-0.2, -0.15) is 0 Å². The summed E-state index contributed by atoms with van der Waals surface area (Å²) < 4.78 is 5.56. The predicted octanol–water partition coefficient (Wildman–Crippen LogP) is 2.15. The van der Waals surface area contributed by atoms with Crippen LogP contribution in [0.25, 0.3) is 0 Å². The fourth-order valence-electron chi connectivity index (χ4n) is 2.73. The standard InChI is InChI=1S/C17H22N2O3S2/c20-14(12-22-13-15-3-1-9-23-15)11-18-5-7-19(8-6-18)17(21)16-4-2-10-24-16/h1-4,9-10,14,20H,5-8,11-13H2/t14-/m1/s1. The number of carbonyl (C=O) groups is 1. The molecule has 1 N–H and O–H groups in total. The molecule has 1 fully saturated rings. The number of β-amino-alcohol motifs (C(OH)–C–C–N with tert-alkyl or cyclic N) is 1. The van der Waals surface area contributed by atoms with Gasteiger partial charge in [-0.05, 0) is 22.9 Å². The third kappa shape index (κ3) is 4.87. The lowest BCUT2D eigenvalue weighted by molar-refractivity contribution is 0.00274. The van der Waals surface area contributed by atoms with Crippen molar-refractivity contribution >= 4 is 28.6 Å². The van der Waals surface area contributed by atoms with Gasteiger partial charge in [0.1, 0.15) is 0 Å². The van der Waals surface area contributed by atoms with Gasteiger partial charge >= 0.3 is 0 Å². The molecule has 1 saturated heterocycles. The van der Waals surface area contributed by atoms with E-state index in [9.17, 15) is 9.90 Å². The van der Waals surface area contributed by atoms with Crippen LogP contribution < -0.4 is 0 Å². The zero-order valence-corrected chi connectivity index (χ0v) is 15.1. The molecule has 5 nitrogen and oxygen atoms in total. The Hall–Kier alpha value is -1.25. The lowest BCUT2D eigenvalue weighted by atomic mass is 10.2. The average Bonchev–Trinajstić information content (AvgIpc) is 3.29. The maximum Gasteiger partial charge on any atom is 0.264 e. The van der Waals surface area contributed by atoms with E-state index in [0.29, 0.717) is 32.8 Å². The molecule has 2 aromatic heterocycles. The first-order chi connectivity index (χ1) is 11.7. The van der Waals surface area contributed by atoms with Gasteiger partial charge in [-0.25, -0.2) is 0 Å². The first-order valence-electron chi connectivity index (χ1n) is 8.05. The lowest BCUT2D eigenvalue weighted by Gasteiger charge is -2.35. The van der Waals surface area contributed by atoms with Crippen LogP contribution >= 0.6 is 22.7 Å². The third-order valence-corrected chi connectivity index (χ3v) is 5.70. The topological polar surface area (TPSA) is 53.0 Å². The van der Waals surface area contributed by atoms with Crippen molar-refractivity contribution in [3.05, 3.63) is 44.8 Å². The summed E-state index contributed by atoms with van der Waals surface area (Å²) in [6.45, 7) is 4.48. The van der Waals surface area contributed by atoms with Crippen LogP contribution in [-0.4, -0.2) is 66.2 Å². The number of aliphatic hydroxyl groups is 1. The third-order valence-electron chi connectivity index (χ3n) is 4.00. The summed E-state index contributed by atoms with van der Waals surface area (Å²) in [4.78, 5) is 18.3. The van der Waals surface area contributed by atoms with Gasteiger partial charge in [-0.1, -0.05) is 12.1 Å². The summed E-state index contributed by atoms with van der Waals surface area (Å²) in [6, 6.07) is 7.80. The molecule has 3 rings (SSSR count). The van der Waals surface area contributed by atoms with E-state index in [-0.39, 0.29) is 5.91 Å². The molecule has 7 heteroatoms. The van der Waals surface area contributed by atoms with Crippen LogP contribution in [0.15, 0.2) is 35.0 Å². The van der Waals surface area contributed by atoms with Crippen LogP contribution in [0.4, 0.5) is 0 Å². The van der Waals surface area contributed by atoms with Crippen molar-refractivity contribution in [2.45, 2.75) is 12.7 Å². The zero-order chi connectivity index (χ0) is 16.8. The molecule has 0 bridgehead atoms. The second kappa shape index (κ2) is 8.73. The van der Waals surface area contributed by atoms with Crippen molar-refractivity contribution < 1.29 is 14.6 Å². The Morgan fingerprint density at radius 2 is 1.92 bits per heavy atom. The number of hydrogen-bond donors (Lipinski definition) is 1. The number of amides is 1. The number of piperazine rings is 1. The summed E-state index contributed by atoms with van der Waals surface area (Å²) in [5, 5.41) is 14.1. The summed E-state index contributed by atoms with van der Waals surface area (Å²) >= 11 is 3.14. The molecule has 1 amide bonds. The summed E-state index contributed by atoms with van der Waals surface area (Å²) in [6.07, 6.45) is -0.496. The van der Waals surface area contributed by atoms with E-state index in [0.717, 1.165) is 18.0 Å². The molecule has 3 heterocycles. The van der Waals surface area contributed by atoms with Crippen molar-refractivity contribution in [2.75, 3.05) is 39.3 Å². The maximum absolute atomic E-state index is 12.3.